The Hall–Kier alpha value is -0.610. The topological polar surface area (TPSA) is 47.6 Å². The van der Waals surface area contributed by atoms with E-state index in [1.807, 2.05) is 13.8 Å². The van der Waals surface area contributed by atoms with Crippen LogP contribution >= 0.6 is 0 Å². The van der Waals surface area contributed by atoms with Gasteiger partial charge in [0.1, 0.15) is 6.04 Å². The highest BCUT2D eigenvalue weighted by molar-refractivity contribution is 5.75. The zero-order valence-electron chi connectivity index (χ0n) is 12.0. The minimum Gasteiger partial charge on any atom is -0.468 e. The highest BCUT2D eigenvalue weighted by atomic mass is 16.5. The van der Waals surface area contributed by atoms with Gasteiger partial charge >= 0.3 is 5.97 Å². The first-order chi connectivity index (χ1) is 7.76. The van der Waals surface area contributed by atoms with Gasteiger partial charge in [0.2, 0.25) is 0 Å². The summed E-state index contributed by atoms with van der Waals surface area (Å²) in [4.78, 5) is 11.5. The third-order valence-corrected chi connectivity index (χ3v) is 2.30. The molecule has 0 spiro atoms. The quantitative estimate of drug-likeness (QED) is 0.550. The molecule has 1 atom stereocenters. The van der Waals surface area contributed by atoms with Gasteiger partial charge in [0.25, 0.3) is 0 Å². The lowest BCUT2D eigenvalue weighted by molar-refractivity contribution is -0.145. The van der Waals surface area contributed by atoms with Crippen molar-refractivity contribution in [1.82, 2.24) is 5.32 Å². The fourth-order valence-corrected chi connectivity index (χ4v) is 1.31. The van der Waals surface area contributed by atoms with E-state index < -0.39 is 0 Å². The van der Waals surface area contributed by atoms with Crippen molar-refractivity contribution < 1.29 is 14.3 Å². The van der Waals surface area contributed by atoms with Crippen LogP contribution in [0.3, 0.4) is 0 Å². The molecule has 1 N–H and O–H groups in total. The van der Waals surface area contributed by atoms with Crippen LogP contribution < -0.4 is 5.32 Å². The molecule has 0 saturated heterocycles. The molecular weight excluding hydrogens is 218 g/mol. The summed E-state index contributed by atoms with van der Waals surface area (Å²) in [6.45, 7) is 11.5. The molecule has 102 valence electrons. The van der Waals surface area contributed by atoms with Crippen molar-refractivity contribution in [2.45, 2.75) is 53.1 Å². The number of ether oxygens (including phenoxy) is 2. The summed E-state index contributed by atoms with van der Waals surface area (Å²) in [7, 11) is 1.40. The van der Waals surface area contributed by atoms with E-state index in [1.54, 1.807) is 0 Å². The largest absolute Gasteiger partial charge is 0.468 e. The molecular formula is C13H27NO3. The van der Waals surface area contributed by atoms with E-state index in [2.05, 4.69) is 26.1 Å². The molecule has 0 bridgehead atoms. The van der Waals surface area contributed by atoms with Crippen LogP contribution in [0, 0.1) is 5.41 Å². The van der Waals surface area contributed by atoms with Crippen LogP contribution in [-0.2, 0) is 14.3 Å². The van der Waals surface area contributed by atoms with Gasteiger partial charge in [-0.1, -0.05) is 34.6 Å². The highest BCUT2D eigenvalue weighted by Crippen LogP contribution is 2.17. The van der Waals surface area contributed by atoms with E-state index in [0.717, 1.165) is 6.42 Å². The summed E-state index contributed by atoms with van der Waals surface area (Å²) in [5.74, 6) is -0.269. The van der Waals surface area contributed by atoms with Gasteiger partial charge in [0, 0.05) is 12.6 Å². The molecule has 1 unspecified atom stereocenters. The molecule has 0 aliphatic heterocycles. The number of hydrogen-bond donors (Lipinski definition) is 1. The van der Waals surface area contributed by atoms with E-state index in [0.29, 0.717) is 13.2 Å². The molecule has 4 heteroatoms. The molecule has 0 aliphatic rings. The maximum Gasteiger partial charge on any atom is 0.325 e. The van der Waals surface area contributed by atoms with E-state index in [4.69, 9.17) is 9.47 Å². The summed E-state index contributed by atoms with van der Waals surface area (Å²) in [5.41, 5.74) is 0.256. The van der Waals surface area contributed by atoms with Crippen molar-refractivity contribution in [2.75, 3.05) is 20.3 Å². The van der Waals surface area contributed by atoms with E-state index >= 15 is 0 Å². The Morgan fingerprint density at radius 3 is 2.29 bits per heavy atom. The first kappa shape index (κ1) is 16.4. The van der Waals surface area contributed by atoms with Gasteiger partial charge in [0.05, 0.1) is 13.7 Å². The molecule has 17 heavy (non-hydrogen) atoms. The molecule has 0 aliphatic carbocycles. The Morgan fingerprint density at radius 1 is 1.29 bits per heavy atom. The molecule has 0 saturated carbocycles. The molecule has 0 aromatic heterocycles. The molecule has 0 radical (unpaired) electrons. The Bertz CT molecular complexity index is 221. The fraction of sp³-hybridized carbons (Fsp3) is 0.923. The van der Waals surface area contributed by atoms with E-state index in [9.17, 15) is 4.79 Å². The lowest BCUT2D eigenvalue weighted by Crippen LogP contribution is -2.44. The Balaban J connectivity index is 3.96. The van der Waals surface area contributed by atoms with Gasteiger partial charge in [-0.15, -0.1) is 0 Å². The van der Waals surface area contributed by atoms with Crippen LogP contribution in [0.5, 0.6) is 0 Å². The summed E-state index contributed by atoms with van der Waals surface area (Å²) in [6, 6.07) is -0.148. The molecule has 0 amide bonds. The zero-order valence-corrected chi connectivity index (χ0v) is 12.0. The predicted molar refractivity (Wildman–Crippen MR) is 69.0 cm³/mol. The molecule has 0 heterocycles. The highest BCUT2D eigenvalue weighted by Gasteiger charge is 2.20. The van der Waals surface area contributed by atoms with Gasteiger partial charge in [-0.05, 0) is 11.8 Å². The average Bonchev–Trinajstić information content (AvgIpc) is 2.19. The van der Waals surface area contributed by atoms with E-state index in [1.165, 1.54) is 7.11 Å². The number of hydrogen-bond acceptors (Lipinski definition) is 4. The second-order valence-corrected chi connectivity index (χ2v) is 5.78. The fourth-order valence-electron chi connectivity index (χ4n) is 1.31. The maximum absolute atomic E-state index is 11.5. The Labute approximate surface area is 105 Å². The minimum absolute atomic E-state index is 0.227. The molecule has 0 aromatic carbocycles. The molecule has 0 rings (SSSR count). The summed E-state index contributed by atoms with van der Waals surface area (Å²) < 4.78 is 10.3. The number of rotatable bonds is 7. The number of carbonyl (C=O) groups is 1. The van der Waals surface area contributed by atoms with Crippen LogP contribution in [0.15, 0.2) is 0 Å². The standard InChI is InChI=1S/C13H27NO3/c1-10(2)14-11(12(15)16-6)9-17-8-7-13(3,4)5/h10-11,14H,7-9H2,1-6H3. The predicted octanol–water partition coefficient (Wildman–Crippen LogP) is 1.98. The second kappa shape index (κ2) is 7.67. The SMILES string of the molecule is COC(=O)C(COCCC(C)(C)C)NC(C)C. The maximum atomic E-state index is 11.5. The lowest BCUT2D eigenvalue weighted by atomic mass is 9.93. The molecule has 0 aromatic rings. The van der Waals surface area contributed by atoms with Gasteiger partial charge in [-0.3, -0.25) is 4.79 Å². The molecule has 4 nitrogen and oxygen atoms in total. The average molecular weight is 245 g/mol. The monoisotopic (exact) mass is 245 g/mol. The normalized spacial score (nSPS) is 13.8. The van der Waals surface area contributed by atoms with Crippen LogP contribution in [0.4, 0.5) is 0 Å². The Kier molecular flexibility index (Phi) is 7.39. The number of methoxy groups -OCH3 is 1. The summed E-state index contributed by atoms with van der Waals surface area (Å²) in [5, 5.41) is 3.13. The van der Waals surface area contributed by atoms with Crippen LogP contribution in [0.1, 0.15) is 41.0 Å². The third kappa shape index (κ3) is 9.12. The first-order valence-electron chi connectivity index (χ1n) is 6.18. The number of esters is 1. The minimum atomic E-state index is -0.375. The number of nitrogens with one attached hydrogen (secondary N) is 1. The van der Waals surface area contributed by atoms with Crippen molar-refractivity contribution in [2.24, 2.45) is 5.41 Å². The smallest absolute Gasteiger partial charge is 0.325 e. The first-order valence-corrected chi connectivity index (χ1v) is 6.18. The van der Waals surface area contributed by atoms with Crippen molar-refractivity contribution in [3.8, 4) is 0 Å². The van der Waals surface area contributed by atoms with Crippen LogP contribution in [-0.4, -0.2) is 38.4 Å². The summed E-state index contributed by atoms with van der Waals surface area (Å²) in [6.07, 6.45) is 0.975. The van der Waals surface area contributed by atoms with Crippen molar-refractivity contribution in [3.05, 3.63) is 0 Å². The van der Waals surface area contributed by atoms with E-state index in [-0.39, 0.29) is 23.5 Å². The van der Waals surface area contributed by atoms with Gasteiger partial charge < -0.3 is 14.8 Å². The zero-order chi connectivity index (χ0) is 13.5. The summed E-state index contributed by atoms with van der Waals surface area (Å²) >= 11 is 0. The molecule has 0 fully saturated rings. The van der Waals surface area contributed by atoms with Crippen molar-refractivity contribution in [1.29, 1.82) is 0 Å². The van der Waals surface area contributed by atoms with Gasteiger partial charge in [0.15, 0.2) is 0 Å². The Morgan fingerprint density at radius 2 is 1.88 bits per heavy atom. The van der Waals surface area contributed by atoms with Crippen LogP contribution in [0.2, 0.25) is 0 Å². The van der Waals surface area contributed by atoms with Crippen molar-refractivity contribution in [3.63, 3.8) is 0 Å². The number of carbonyl (C=O) groups excluding carboxylic acids is 1. The van der Waals surface area contributed by atoms with Gasteiger partial charge in [-0.2, -0.15) is 0 Å². The third-order valence-electron chi connectivity index (χ3n) is 2.30. The van der Waals surface area contributed by atoms with Gasteiger partial charge in [-0.25, -0.2) is 0 Å². The lowest BCUT2D eigenvalue weighted by Gasteiger charge is -2.21. The van der Waals surface area contributed by atoms with Crippen LogP contribution in [0.25, 0.3) is 0 Å². The second-order valence-electron chi connectivity index (χ2n) is 5.78. The van der Waals surface area contributed by atoms with Crippen molar-refractivity contribution >= 4 is 5.97 Å².